The van der Waals surface area contributed by atoms with Gasteiger partial charge in [-0.1, -0.05) is 0 Å². The number of ether oxygens (including phenoxy) is 3. The molecule has 3 aliphatic rings. The second-order valence-corrected chi connectivity index (χ2v) is 5.13. The largest absolute Gasteiger partial charge is 0.485 e. The van der Waals surface area contributed by atoms with Crippen molar-refractivity contribution in [2.75, 3.05) is 13.2 Å². The van der Waals surface area contributed by atoms with Gasteiger partial charge in [0.25, 0.3) is 0 Å². The highest BCUT2D eigenvalue weighted by Gasteiger charge is 2.35. The van der Waals surface area contributed by atoms with Crippen LogP contribution in [0.2, 0.25) is 0 Å². The van der Waals surface area contributed by atoms with Crippen molar-refractivity contribution in [2.24, 2.45) is 5.92 Å². The Balaban J connectivity index is 1.74. The van der Waals surface area contributed by atoms with E-state index in [2.05, 4.69) is 0 Å². The number of hydrogen-bond donors (Lipinski definition) is 0. The van der Waals surface area contributed by atoms with Crippen LogP contribution in [-0.2, 0) is 11.2 Å². The molecule has 0 bridgehead atoms. The number of carbonyl (C=O) groups is 1. The van der Waals surface area contributed by atoms with E-state index in [4.69, 9.17) is 14.2 Å². The molecule has 1 aromatic carbocycles. The second kappa shape index (κ2) is 3.72. The zero-order valence-electron chi connectivity index (χ0n) is 9.98. The highest BCUT2D eigenvalue weighted by molar-refractivity contribution is 6.02. The lowest BCUT2D eigenvalue weighted by atomic mass is 9.89. The lowest BCUT2D eigenvalue weighted by molar-refractivity contribution is -0.148. The van der Waals surface area contributed by atoms with Gasteiger partial charge in [-0.25, -0.2) is 0 Å². The fraction of sp³-hybridized carbons (Fsp3) is 0.500. The lowest BCUT2D eigenvalue weighted by Gasteiger charge is -2.36. The molecular formula is C14H14O4. The smallest absolute Gasteiger partial charge is 0.203 e. The summed E-state index contributed by atoms with van der Waals surface area (Å²) in [7, 11) is 0. The third-order valence-electron chi connectivity index (χ3n) is 3.93. The molecule has 1 aromatic rings. The average molecular weight is 246 g/mol. The van der Waals surface area contributed by atoms with E-state index in [0.717, 1.165) is 37.2 Å². The fourth-order valence-corrected chi connectivity index (χ4v) is 2.99. The van der Waals surface area contributed by atoms with Gasteiger partial charge in [0.15, 0.2) is 6.61 Å². The quantitative estimate of drug-likeness (QED) is 0.702. The Hall–Kier alpha value is -1.55. The Kier molecular flexibility index (Phi) is 2.14. The zero-order valence-corrected chi connectivity index (χ0v) is 9.98. The van der Waals surface area contributed by atoms with E-state index < -0.39 is 0 Å². The first-order chi connectivity index (χ1) is 8.81. The van der Waals surface area contributed by atoms with E-state index in [0.29, 0.717) is 17.2 Å². The predicted molar refractivity (Wildman–Crippen MR) is 63.1 cm³/mol. The second-order valence-electron chi connectivity index (χ2n) is 5.13. The molecule has 0 aliphatic carbocycles. The summed E-state index contributed by atoms with van der Waals surface area (Å²) in [4.78, 5) is 11.6. The number of benzene rings is 1. The Labute approximate surface area is 105 Å². The van der Waals surface area contributed by atoms with Crippen molar-refractivity contribution in [1.82, 2.24) is 0 Å². The van der Waals surface area contributed by atoms with Crippen LogP contribution in [0, 0.1) is 5.92 Å². The van der Waals surface area contributed by atoms with Gasteiger partial charge in [-0.3, -0.25) is 4.79 Å². The van der Waals surface area contributed by atoms with E-state index in [1.54, 1.807) is 0 Å². The summed E-state index contributed by atoms with van der Waals surface area (Å²) >= 11 is 0. The maximum absolute atomic E-state index is 11.6. The Morgan fingerprint density at radius 2 is 2.17 bits per heavy atom. The van der Waals surface area contributed by atoms with Crippen molar-refractivity contribution in [3.05, 3.63) is 23.3 Å². The number of ketones is 1. The van der Waals surface area contributed by atoms with Crippen LogP contribution in [-0.4, -0.2) is 25.3 Å². The molecule has 1 saturated heterocycles. The van der Waals surface area contributed by atoms with Crippen molar-refractivity contribution < 1.29 is 19.0 Å². The third kappa shape index (κ3) is 1.45. The minimum Gasteiger partial charge on any atom is -0.485 e. The number of fused-ring (bicyclic) bond motifs is 3. The van der Waals surface area contributed by atoms with E-state index in [-0.39, 0.29) is 18.7 Å². The summed E-state index contributed by atoms with van der Waals surface area (Å²) in [5, 5.41) is 0. The summed E-state index contributed by atoms with van der Waals surface area (Å²) in [6.07, 6.45) is 3.03. The van der Waals surface area contributed by atoms with Crippen LogP contribution in [0.15, 0.2) is 12.1 Å². The van der Waals surface area contributed by atoms with Crippen LogP contribution in [0.4, 0.5) is 0 Å². The third-order valence-corrected chi connectivity index (χ3v) is 3.93. The molecule has 4 nitrogen and oxygen atoms in total. The standard InChI is InChI=1S/C14H14O4/c15-11-7-17-13-6-12-9(5-10(11)13)4-8-2-1-3-16-14(8)18-12/h5-6,8,14H,1-4,7H2. The van der Waals surface area contributed by atoms with Gasteiger partial charge >= 0.3 is 0 Å². The molecule has 0 saturated carbocycles. The van der Waals surface area contributed by atoms with Crippen LogP contribution in [0.1, 0.15) is 28.8 Å². The predicted octanol–water partition coefficient (Wildman–Crippen LogP) is 1.95. The van der Waals surface area contributed by atoms with Crippen molar-refractivity contribution in [3.8, 4) is 11.5 Å². The highest BCUT2D eigenvalue weighted by Crippen LogP contribution is 2.40. The molecule has 4 heteroatoms. The van der Waals surface area contributed by atoms with Crippen molar-refractivity contribution in [3.63, 3.8) is 0 Å². The molecule has 3 heterocycles. The first-order valence-corrected chi connectivity index (χ1v) is 6.42. The molecule has 1 fully saturated rings. The topological polar surface area (TPSA) is 44.8 Å². The molecular weight excluding hydrogens is 232 g/mol. The number of hydrogen-bond acceptors (Lipinski definition) is 4. The molecule has 0 radical (unpaired) electrons. The molecule has 0 N–H and O–H groups in total. The number of rotatable bonds is 0. The molecule has 18 heavy (non-hydrogen) atoms. The van der Waals surface area contributed by atoms with Gasteiger partial charge in [-0.2, -0.15) is 0 Å². The minimum absolute atomic E-state index is 0.0646. The van der Waals surface area contributed by atoms with Crippen LogP contribution in [0.3, 0.4) is 0 Å². The van der Waals surface area contributed by atoms with Gasteiger partial charge in [0.05, 0.1) is 12.2 Å². The summed E-state index contributed by atoms with van der Waals surface area (Å²) in [5.74, 6) is 1.94. The van der Waals surface area contributed by atoms with E-state index in [1.807, 2.05) is 12.1 Å². The van der Waals surface area contributed by atoms with E-state index in [1.165, 1.54) is 0 Å². The Morgan fingerprint density at radius 3 is 3.11 bits per heavy atom. The van der Waals surface area contributed by atoms with Crippen molar-refractivity contribution >= 4 is 5.78 Å². The molecule has 4 rings (SSSR count). The summed E-state index contributed by atoms with van der Waals surface area (Å²) in [6, 6.07) is 3.77. The molecule has 3 aliphatic heterocycles. The molecule has 94 valence electrons. The van der Waals surface area contributed by atoms with Gasteiger partial charge in [0.1, 0.15) is 11.5 Å². The van der Waals surface area contributed by atoms with Gasteiger partial charge in [-0.15, -0.1) is 0 Å². The van der Waals surface area contributed by atoms with Crippen LogP contribution < -0.4 is 9.47 Å². The highest BCUT2D eigenvalue weighted by atomic mass is 16.7. The van der Waals surface area contributed by atoms with E-state index in [9.17, 15) is 4.79 Å². The summed E-state index contributed by atoms with van der Waals surface area (Å²) < 4.78 is 16.9. The maximum atomic E-state index is 11.6. The van der Waals surface area contributed by atoms with Crippen LogP contribution in [0.5, 0.6) is 11.5 Å². The SMILES string of the molecule is O=C1COc2cc3c(cc21)CC1CCCOC1O3. The van der Waals surface area contributed by atoms with Crippen LogP contribution >= 0.6 is 0 Å². The molecule has 0 spiro atoms. The molecule has 0 aromatic heterocycles. The lowest BCUT2D eigenvalue weighted by Crippen LogP contribution is -2.38. The molecule has 2 atom stereocenters. The Bertz CT molecular complexity index is 523. The normalized spacial score (nSPS) is 28.8. The average Bonchev–Trinajstić information content (AvgIpc) is 2.75. The first-order valence-electron chi connectivity index (χ1n) is 6.42. The van der Waals surface area contributed by atoms with Gasteiger partial charge in [0.2, 0.25) is 12.1 Å². The summed E-state index contributed by atoms with van der Waals surface area (Å²) in [5.41, 5.74) is 1.81. The van der Waals surface area contributed by atoms with Crippen LogP contribution in [0.25, 0.3) is 0 Å². The summed E-state index contributed by atoms with van der Waals surface area (Å²) in [6.45, 7) is 0.929. The minimum atomic E-state index is -0.124. The van der Waals surface area contributed by atoms with Crippen molar-refractivity contribution in [1.29, 1.82) is 0 Å². The monoisotopic (exact) mass is 246 g/mol. The van der Waals surface area contributed by atoms with Gasteiger partial charge in [-0.05, 0) is 30.9 Å². The maximum Gasteiger partial charge on any atom is 0.203 e. The zero-order chi connectivity index (χ0) is 12.1. The number of carbonyl (C=O) groups excluding carboxylic acids is 1. The van der Waals surface area contributed by atoms with Gasteiger partial charge < -0.3 is 14.2 Å². The van der Waals surface area contributed by atoms with E-state index >= 15 is 0 Å². The first kappa shape index (κ1) is 10.4. The molecule has 0 amide bonds. The Morgan fingerprint density at radius 1 is 1.22 bits per heavy atom. The van der Waals surface area contributed by atoms with Gasteiger partial charge in [0, 0.05) is 12.0 Å². The number of Topliss-reactive ketones (excluding diaryl/α,β-unsaturated/α-hetero) is 1. The molecule has 2 unspecified atom stereocenters. The van der Waals surface area contributed by atoms with Crippen molar-refractivity contribution in [2.45, 2.75) is 25.6 Å². The fourth-order valence-electron chi connectivity index (χ4n) is 2.99.